The second-order valence-corrected chi connectivity index (χ2v) is 4.91. The minimum atomic E-state index is -1.13. The zero-order valence-electron chi connectivity index (χ0n) is 10.9. The lowest BCUT2D eigenvalue weighted by Crippen LogP contribution is -2.20. The third-order valence-electron chi connectivity index (χ3n) is 2.69. The van der Waals surface area contributed by atoms with Crippen LogP contribution in [0.3, 0.4) is 0 Å². The first-order valence-corrected chi connectivity index (χ1v) is 6.35. The van der Waals surface area contributed by atoms with Crippen LogP contribution >= 0.6 is 0 Å². The zero-order valence-corrected chi connectivity index (χ0v) is 10.9. The third kappa shape index (κ3) is 5.08. The van der Waals surface area contributed by atoms with Crippen molar-refractivity contribution in [3.8, 4) is 0 Å². The molecule has 0 heterocycles. The quantitative estimate of drug-likeness (QED) is 0.582. The van der Waals surface area contributed by atoms with E-state index in [1.54, 1.807) is 0 Å². The van der Waals surface area contributed by atoms with E-state index >= 15 is 0 Å². The number of hydrogen-bond acceptors (Lipinski definition) is 1. The molecule has 0 aromatic heterocycles. The molecule has 0 atom stereocenters. The van der Waals surface area contributed by atoms with Gasteiger partial charge in [0.05, 0.1) is 0 Å². The Kier molecular flexibility index (Phi) is 6.19. The summed E-state index contributed by atoms with van der Waals surface area (Å²) in [6.07, 6.45) is 2.09. The van der Waals surface area contributed by atoms with E-state index in [2.05, 4.69) is 19.2 Å². The van der Waals surface area contributed by atoms with Crippen LogP contribution in [0.25, 0.3) is 0 Å². The van der Waals surface area contributed by atoms with E-state index in [1.165, 1.54) is 0 Å². The number of unbranched alkanes of at least 4 members (excludes halogenated alkanes) is 1. The highest BCUT2D eigenvalue weighted by Crippen LogP contribution is 2.15. The standard InChI is InChI=1S/C14H20F3N/c1-10(2)9-18-6-4-3-5-11-7-13(16)14(17)8-12(11)15/h7-8,10,18H,3-6,9H2,1-2H3. The minimum Gasteiger partial charge on any atom is -0.316 e. The van der Waals surface area contributed by atoms with E-state index in [4.69, 9.17) is 0 Å². The summed E-state index contributed by atoms with van der Waals surface area (Å²) < 4.78 is 38.9. The van der Waals surface area contributed by atoms with Crippen LogP contribution in [-0.2, 0) is 6.42 Å². The normalized spacial score (nSPS) is 11.2. The summed E-state index contributed by atoms with van der Waals surface area (Å²) in [6.45, 7) is 6.08. The Morgan fingerprint density at radius 1 is 1.00 bits per heavy atom. The molecule has 18 heavy (non-hydrogen) atoms. The van der Waals surface area contributed by atoms with Gasteiger partial charge in [-0.1, -0.05) is 13.8 Å². The molecule has 0 saturated heterocycles. The van der Waals surface area contributed by atoms with E-state index < -0.39 is 17.5 Å². The van der Waals surface area contributed by atoms with Crippen LogP contribution < -0.4 is 5.32 Å². The van der Waals surface area contributed by atoms with Crippen molar-refractivity contribution in [3.05, 3.63) is 35.1 Å². The van der Waals surface area contributed by atoms with Crippen LogP contribution in [0, 0.1) is 23.4 Å². The molecule has 0 bridgehead atoms. The van der Waals surface area contributed by atoms with Gasteiger partial charge in [0.15, 0.2) is 11.6 Å². The van der Waals surface area contributed by atoms with Crippen LogP contribution in [0.15, 0.2) is 12.1 Å². The van der Waals surface area contributed by atoms with Gasteiger partial charge in [-0.15, -0.1) is 0 Å². The first-order chi connectivity index (χ1) is 8.50. The Morgan fingerprint density at radius 2 is 1.67 bits per heavy atom. The third-order valence-corrected chi connectivity index (χ3v) is 2.69. The number of benzene rings is 1. The van der Waals surface area contributed by atoms with E-state index in [0.29, 0.717) is 18.4 Å². The summed E-state index contributed by atoms with van der Waals surface area (Å²) in [6, 6.07) is 1.56. The molecule has 1 N–H and O–H groups in total. The minimum absolute atomic E-state index is 0.248. The molecule has 4 heteroatoms. The maximum Gasteiger partial charge on any atom is 0.161 e. The lowest BCUT2D eigenvalue weighted by molar-refractivity contribution is 0.487. The molecule has 1 aromatic rings. The summed E-state index contributed by atoms with van der Waals surface area (Å²) in [4.78, 5) is 0. The molecular formula is C14H20F3N. The molecule has 1 rings (SSSR count). The van der Waals surface area contributed by atoms with Gasteiger partial charge in [0.2, 0.25) is 0 Å². The van der Waals surface area contributed by atoms with Crippen molar-refractivity contribution in [2.24, 2.45) is 5.92 Å². The molecule has 0 unspecified atom stereocenters. The fraction of sp³-hybridized carbons (Fsp3) is 0.571. The van der Waals surface area contributed by atoms with Gasteiger partial charge in [-0.05, 0) is 49.9 Å². The maximum absolute atomic E-state index is 13.3. The largest absolute Gasteiger partial charge is 0.316 e. The molecule has 0 aliphatic heterocycles. The summed E-state index contributed by atoms with van der Waals surface area (Å²) in [5.41, 5.74) is 0.248. The first-order valence-electron chi connectivity index (χ1n) is 6.35. The van der Waals surface area contributed by atoms with Crippen LogP contribution in [0.1, 0.15) is 32.3 Å². The summed E-state index contributed by atoms with van der Waals surface area (Å²) in [5.74, 6) is -2.17. The van der Waals surface area contributed by atoms with Crippen molar-refractivity contribution < 1.29 is 13.2 Å². The van der Waals surface area contributed by atoms with Gasteiger partial charge in [0.1, 0.15) is 5.82 Å². The monoisotopic (exact) mass is 259 g/mol. The van der Waals surface area contributed by atoms with Crippen molar-refractivity contribution >= 4 is 0 Å². The molecule has 102 valence electrons. The second-order valence-electron chi connectivity index (χ2n) is 4.91. The van der Waals surface area contributed by atoms with E-state index in [9.17, 15) is 13.2 Å². The average molecular weight is 259 g/mol. The molecule has 0 saturated carbocycles. The lowest BCUT2D eigenvalue weighted by Gasteiger charge is -2.07. The number of nitrogens with one attached hydrogen (secondary N) is 1. The maximum atomic E-state index is 13.3. The van der Waals surface area contributed by atoms with Crippen molar-refractivity contribution in [1.82, 2.24) is 5.32 Å². The lowest BCUT2D eigenvalue weighted by atomic mass is 10.1. The predicted octanol–water partition coefficient (Wildman–Crippen LogP) is 3.67. The van der Waals surface area contributed by atoms with Crippen LogP contribution in [0.2, 0.25) is 0 Å². The van der Waals surface area contributed by atoms with Gasteiger partial charge in [0.25, 0.3) is 0 Å². The summed E-state index contributed by atoms with van der Waals surface area (Å²) >= 11 is 0. The number of rotatable bonds is 7. The summed E-state index contributed by atoms with van der Waals surface area (Å²) in [5, 5.41) is 3.28. The van der Waals surface area contributed by atoms with Gasteiger partial charge in [-0.3, -0.25) is 0 Å². The first kappa shape index (κ1) is 15.0. The van der Waals surface area contributed by atoms with Gasteiger partial charge in [-0.2, -0.15) is 0 Å². The van der Waals surface area contributed by atoms with Gasteiger partial charge >= 0.3 is 0 Å². The SMILES string of the molecule is CC(C)CNCCCCc1cc(F)c(F)cc1F. The molecule has 1 nitrogen and oxygen atoms in total. The van der Waals surface area contributed by atoms with Crippen molar-refractivity contribution in [3.63, 3.8) is 0 Å². The Morgan fingerprint density at radius 3 is 2.33 bits per heavy atom. The Bertz CT molecular complexity index is 378. The molecule has 0 radical (unpaired) electrons. The number of aryl methyl sites for hydroxylation is 1. The van der Waals surface area contributed by atoms with Crippen molar-refractivity contribution in [2.75, 3.05) is 13.1 Å². The van der Waals surface area contributed by atoms with Crippen molar-refractivity contribution in [2.45, 2.75) is 33.1 Å². The second kappa shape index (κ2) is 7.41. The Hall–Kier alpha value is -1.03. The van der Waals surface area contributed by atoms with Crippen LogP contribution in [0.5, 0.6) is 0 Å². The highest BCUT2D eigenvalue weighted by atomic mass is 19.2. The predicted molar refractivity (Wildman–Crippen MR) is 67.0 cm³/mol. The van der Waals surface area contributed by atoms with Crippen LogP contribution in [-0.4, -0.2) is 13.1 Å². The van der Waals surface area contributed by atoms with E-state index in [0.717, 1.165) is 32.0 Å². The topological polar surface area (TPSA) is 12.0 Å². The molecule has 0 fully saturated rings. The average Bonchev–Trinajstić information content (AvgIpc) is 2.29. The van der Waals surface area contributed by atoms with E-state index in [-0.39, 0.29) is 5.56 Å². The number of hydrogen-bond donors (Lipinski definition) is 1. The molecule has 1 aromatic carbocycles. The fourth-order valence-corrected chi connectivity index (χ4v) is 1.71. The fourth-order valence-electron chi connectivity index (χ4n) is 1.71. The highest BCUT2D eigenvalue weighted by Gasteiger charge is 2.09. The van der Waals surface area contributed by atoms with Crippen LogP contribution in [0.4, 0.5) is 13.2 Å². The highest BCUT2D eigenvalue weighted by molar-refractivity contribution is 5.20. The molecule has 0 spiro atoms. The summed E-state index contributed by atoms with van der Waals surface area (Å²) in [7, 11) is 0. The van der Waals surface area contributed by atoms with Gasteiger partial charge in [-0.25, -0.2) is 13.2 Å². The van der Waals surface area contributed by atoms with Gasteiger partial charge < -0.3 is 5.32 Å². The molecular weight excluding hydrogens is 239 g/mol. The van der Waals surface area contributed by atoms with Crippen molar-refractivity contribution in [1.29, 1.82) is 0 Å². The zero-order chi connectivity index (χ0) is 13.5. The molecule has 0 aliphatic carbocycles. The molecule has 0 amide bonds. The van der Waals surface area contributed by atoms with Gasteiger partial charge in [0, 0.05) is 6.07 Å². The Balaban J connectivity index is 2.29. The molecule has 0 aliphatic rings. The number of halogens is 3. The smallest absolute Gasteiger partial charge is 0.161 e. The Labute approximate surface area is 106 Å². The van der Waals surface area contributed by atoms with E-state index in [1.807, 2.05) is 0 Å².